The van der Waals surface area contributed by atoms with Gasteiger partial charge in [0.05, 0.1) is 18.5 Å². The lowest BCUT2D eigenvalue weighted by molar-refractivity contribution is 0.0747. The molecule has 2 aromatic heterocycles. The van der Waals surface area contributed by atoms with Gasteiger partial charge < -0.3 is 19.5 Å². The van der Waals surface area contributed by atoms with Gasteiger partial charge in [-0.2, -0.15) is 5.10 Å². The summed E-state index contributed by atoms with van der Waals surface area (Å²) in [4.78, 5) is 28.2. The fourth-order valence-corrected chi connectivity index (χ4v) is 5.75. The second kappa shape index (κ2) is 10.4. The maximum absolute atomic E-state index is 13.3. The van der Waals surface area contributed by atoms with E-state index in [-0.39, 0.29) is 23.3 Å². The van der Waals surface area contributed by atoms with Gasteiger partial charge in [0.15, 0.2) is 0 Å². The number of aromatic amines is 1. The number of rotatable bonds is 7. The summed E-state index contributed by atoms with van der Waals surface area (Å²) in [7, 11) is 1.63. The molecule has 2 aliphatic rings. The Balaban J connectivity index is 1.15. The zero-order valence-electron chi connectivity index (χ0n) is 21.8. The number of ether oxygens (including phenoxy) is 1. The summed E-state index contributed by atoms with van der Waals surface area (Å²) in [6, 6.07) is 9.48. The Hall–Kier alpha value is -3.62. The molecule has 3 aromatic rings. The van der Waals surface area contributed by atoms with Gasteiger partial charge in [0, 0.05) is 31.1 Å². The van der Waals surface area contributed by atoms with Crippen molar-refractivity contribution in [2.45, 2.75) is 64.8 Å². The number of nitrogens with one attached hydrogen (secondary N) is 2. The Bertz CT molecular complexity index is 1250. The lowest BCUT2D eigenvalue weighted by atomic mass is 9.72. The second-order valence-electron chi connectivity index (χ2n) is 10.4. The number of carbonyl (C=O) groups is 2. The molecule has 2 fully saturated rings. The molecule has 1 aliphatic heterocycles. The monoisotopic (exact) mass is 505 g/mol. The SMILES string of the molecule is CCCc1onc(C)c1C(=O)N1CCC2(CCC(NC(=O)c3cc(-c4ccc(OC)cc4)n[nH]3)CC2)C1. The van der Waals surface area contributed by atoms with Gasteiger partial charge in [-0.05, 0) is 81.2 Å². The summed E-state index contributed by atoms with van der Waals surface area (Å²) < 4.78 is 10.6. The average molecular weight is 506 g/mol. The van der Waals surface area contributed by atoms with Gasteiger partial charge in [-0.1, -0.05) is 12.1 Å². The molecule has 1 aromatic carbocycles. The van der Waals surface area contributed by atoms with E-state index in [2.05, 4.69) is 27.6 Å². The molecule has 1 saturated heterocycles. The Kier molecular flexibility index (Phi) is 7.04. The Morgan fingerprint density at radius 3 is 2.68 bits per heavy atom. The summed E-state index contributed by atoms with van der Waals surface area (Å²) in [6.07, 6.45) is 6.42. The number of H-pyrrole nitrogens is 1. The highest BCUT2D eigenvalue weighted by atomic mass is 16.5. The van der Waals surface area contributed by atoms with Crippen LogP contribution in [-0.4, -0.2) is 58.3 Å². The first-order chi connectivity index (χ1) is 17.9. The zero-order valence-corrected chi connectivity index (χ0v) is 21.8. The van der Waals surface area contributed by atoms with E-state index in [1.807, 2.05) is 36.1 Å². The highest BCUT2D eigenvalue weighted by molar-refractivity contribution is 5.96. The van der Waals surface area contributed by atoms with E-state index in [0.29, 0.717) is 22.7 Å². The third-order valence-electron chi connectivity index (χ3n) is 7.94. The molecule has 3 heterocycles. The molecule has 1 aliphatic carbocycles. The van der Waals surface area contributed by atoms with Crippen LogP contribution in [0.5, 0.6) is 5.75 Å². The van der Waals surface area contributed by atoms with Crippen LogP contribution in [0.3, 0.4) is 0 Å². The Morgan fingerprint density at radius 2 is 1.97 bits per heavy atom. The maximum atomic E-state index is 13.3. The average Bonchev–Trinajstić information content (AvgIpc) is 3.65. The number of likely N-dealkylation sites (tertiary alicyclic amines) is 1. The Morgan fingerprint density at radius 1 is 1.22 bits per heavy atom. The highest BCUT2D eigenvalue weighted by Gasteiger charge is 2.43. The zero-order chi connectivity index (χ0) is 26.0. The molecular weight excluding hydrogens is 470 g/mol. The van der Waals surface area contributed by atoms with Crippen molar-refractivity contribution in [2.75, 3.05) is 20.2 Å². The summed E-state index contributed by atoms with van der Waals surface area (Å²) >= 11 is 0. The van der Waals surface area contributed by atoms with Crippen molar-refractivity contribution in [1.82, 2.24) is 25.6 Å². The molecular formula is C28H35N5O4. The molecule has 9 heteroatoms. The second-order valence-corrected chi connectivity index (χ2v) is 10.4. The fraction of sp³-hybridized carbons (Fsp3) is 0.500. The van der Waals surface area contributed by atoms with Crippen LogP contribution in [0.4, 0.5) is 0 Å². The number of hydrogen-bond donors (Lipinski definition) is 2. The minimum Gasteiger partial charge on any atom is -0.497 e. The quantitative estimate of drug-likeness (QED) is 0.487. The van der Waals surface area contributed by atoms with E-state index in [9.17, 15) is 9.59 Å². The lowest BCUT2D eigenvalue weighted by Gasteiger charge is -2.37. The summed E-state index contributed by atoms with van der Waals surface area (Å²) in [5.74, 6) is 1.38. The summed E-state index contributed by atoms with van der Waals surface area (Å²) in [5, 5.41) is 14.4. The Labute approximate surface area is 216 Å². The molecule has 0 bridgehead atoms. The van der Waals surface area contributed by atoms with E-state index in [0.717, 1.165) is 75.0 Å². The first-order valence-corrected chi connectivity index (χ1v) is 13.2. The standard InChI is InChI=1S/C28H35N5O4/c1-4-5-24-25(18(2)32-37-24)27(35)33-15-14-28(17-33)12-10-20(11-13-28)29-26(34)23-16-22(30-31-23)19-6-8-21(36-3)9-7-19/h6-9,16,20H,4-5,10-15,17H2,1-3H3,(H,29,34)(H,30,31). The van der Waals surface area contributed by atoms with Crippen molar-refractivity contribution in [2.24, 2.45) is 5.41 Å². The fourth-order valence-electron chi connectivity index (χ4n) is 5.75. The van der Waals surface area contributed by atoms with E-state index >= 15 is 0 Å². The third-order valence-corrected chi connectivity index (χ3v) is 7.94. The number of hydrogen-bond acceptors (Lipinski definition) is 6. The predicted octanol–water partition coefficient (Wildman–Crippen LogP) is 4.54. The van der Waals surface area contributed by atoms with Crippen LogP contribution in [-0.2, 0) is 6.42 Å². The van der Waals surface area contributed by atoms with Crippen molar-refractivity contribution in [1.29, 1.82) is 0 Å². The largest absolute Gasteiger partial charge is 0.497 e. The van der Waals surface area contributed by atoms with Gasteiger partial charge in [-0.25, -0.2) is 0 Å². The molecule has 9 nitrogen and oxygen atoms in total. The third kappa shape index (κ3) is 5.12. The molecule has 37 heavy (non-hydrogen) atoms. The van der Waals surface area contributed by atoms with Gasteiger partial charge in [-0.3, -0.25) is 14.7 Å². The van der Waals surface area contributed by atoms with Gasteiger partial charge in [0.25, 0.3) is 11.8 Å². The first kappa shape index (κ1) is 25.0. The minimum absolute atomic E-state index is 0.0430. The van der Waals surface area contributed by atoms with Crippen LogP contribution >= 0.6 is 0 Å². The highest BCUT2D eigenvalue weighted by Crippen LogP contribution is 2.44. The van der Waals surface area contributed by atoms with Crippen molar-refractivity contribution in [3.8, 4) is 17.0 Å². The number of methoxy groups -OCH3 is 1. The molecule has 2 N–H and O–H groups in total. The van der Waals surface area contributed by atoms with E-state index < -0.39 is 0 Å². The number of aryl methyl sites for hydroxylation is 2. The van der Waals surface area contributed by atoms with Gasteiger partial charge in [0.2, 0.25) is 0 Å². The van der Waals surface area contributed by atoms with Crippen LogP contribution in [0.1, 0.15) is 77.7 Å². The van der Waals surface area contributed by atoms with Crippen LogP contribution in [0, 0.1) is 12.3 Å². The van der Waals surface area contributed by atoms with Crippen molar-refractivity contribution < 1.29 is 18.8 Å². The summed E-state index contributed by atoms with van der Waals surface area (Å²) in [6.45, 7) is 5.43. The molecule has 5 rings (SSSR count). The number of aromatic nitrogens is 3. The first-order valence-electron chi connectivity index (χ1n) is 13.2. The van der Waals surface area contributed by atoms with Crippen molar-refractivity contribution in [3.63, 3.8) is 0 Å². The van der Waals surface area contributed by atoms with Crippen LogP contribution in [0.2, 0.25) is 0 Å². The van der Waals surface area contributed by atoms with E-state index in [1.54, 1.807) is 13.2 Å². The van der Waals surface area contributed by atoms with Crippen LogP contribution in [0.25, 0.3) is 11.3 Å². The summed E-state index contributed by atoms with van der Waals surface area (Å²) in [5.41, 5.74) is 3.54. The van der Waals surface area contributed by atoms with Gasteiger partial charge >= 0.3 is 0 Å². The molecule has 2 amide bonds. The van der Waals surface area contributed by atoms with Crippen LogP contribution in [0.15, 0.2) is 34.9 Å². The number of nitrogens with zero attached hydrogens (tertiary/aromatic N) is 3. The molecule has 0 radical (unpaired) electrons. The molecule has 1 saturated carbocycles. The van der Waals surface area contributed by atoms with E-state index in [4.69, 9.17) is 9.26 Å². The van der Waals surface area contributed by atoms with Crippen molar-refractivity contribution in [3.05, 3.63) is 53.0 Å². The topological polar surface area (TPSA) is 113 Å². The predicted molar refractivity (Wildman–Crippen MR) is 138 cm³/mol. The van der Waals surface area contributed by atoms with Crippen LogP contribution < -0.4 is 10.1 Å². The lowest BCUT2D eigenvalue weighted by Crippen LogP contribution is -2.42. The number of carbonyl (C=O) groups excluding carboxylic acids is 2. The normalized spacial score (nSPS) is 21.4. The molecule has 196 valence electrons. The molecule has 0 unspecified atom stereocenters. The smallest absolute Gasteiger partial charge is 0.269 e. The van der Waals surface area contributed by atoms with Gasteiger partial charge in [0.1, 0.15) is 22.8 Å². The number of benzene rings is 1. The van der Waals surface area contributed by atoms with E-state index in [1.165, 1.54) is 0 Å². The van der Waals surface area contributed by atoms with Crippen molar-refractivity contribution >= 4 is 11.8 Å². The number of amides is 2. The maximum Gasteiger partial charge on any atom is 0.269 e. The minimum atomic E-state index is -0.136. The molecule has 0 atom stereocenters. The molecule has 1 spiro atoms. The van der Waals surface area contributed by atoms with Gasteiger partial charge in [-0.15, -0.1) is 0 Å².